The van der Waals surface area contributed by atoms with Crippen LogP contribution in [0.15, 0.2) is 48.3 Å². The van der Waals surface area contributed by atoms with E-state index in [9.17, 15) is 14.7 Å². The quantitative estimate of drug-likeness (QED) is 0.428. The normalized spacial score (nSPS) is 18.3. The van der Waals surface area contributed by atoms with E-state index < -0.39 is 17.7 Å². The third-order valence-electron chi connectivity index (χ3n) is 4.91. The van der Waals surface area contributed by atoms with Crippen molar-refractivity contribution >= 4 is 17.4 Å². The van der Waals surface area contributed by atoms with Gasteiger partial charge in [0.15, 0.2) is 0 Å². The summed E-state index contributed by atoms with van der Waals surface area (Å²) < 4.78 is 10.8. The Morgan fingerprint density at radius 1 is 1.20 bits per heavy atom. The lowest BCUT2D eigenvalue weighted by Gasteiger charge is -2.25. The molecular weight excluding hydrogens is 384 g/mol. The number of hydrogen-bond acceptors (Lipinski definition) is 6. The van der Waals surface area contributed by atoms with Gasteiger partial charge in [-0.15, -0.1) is 0 Å². The van der Waals surface area contributed by atoms with Gasteiger partial charge in [-0.1, -0.05) is 0 Å². The van der Waals surface area contributed by atoms with E-state index in [1.165, 1.54) is 12.0 Å². The summed E-state index contributed by atoms with van der Waals surface area (Å²) in [5.74, 6) is -0.889. The average molecular weight is 410 g/mol. The van der Waals surface area contributed by atoms with Crippen LogP contribution in [0.25, 0.3) is 5.76 Å². The molecule has 2 aromatic rings. The van der Waals surface area contributed by atoms with Gasteiger partial charge in [-0.05, 0) is 62.2 Å². The second kappa shape index (κ2) is 9.09. The highest BCUT2D eigenvalue weighted by molar-refractivity contribution is 6.46. The van der Waals surface area contributed by atoms with E-state index in [4.69, 9.17) is 9.47 Å². The van der Waals surface area contributed by atoms with E-state index in [2.05, 4.69) is 4.98 Å². The van der Waals surface area contributed by atoms with Gasteiger partial charge in [-0.25, -0.2) is 0 Å². The summed E-state index contributed by atoms with van der Waals surface area (Å²) in [6.07, 6.45) is 3.20. The summed E-state index contributed by atoms with van der Waals surface area (Å²) in [6, 6.07) is 7.94. The topological polar surface area (TPSA) is 89.0 Å². The van der Waals surface area contributed by atoms with Gasteiger partial charge in [0.1, 0.15) is 11.5 Å². The molecule has 1 saturated heterocycles. The standard InChI is InChI=1S/C23H26N2O5/c1-14(2)30-18-6-5-17(13-15(18)3)21(26)19-20(16-7-9-24-10-8-16)25(11-12-29-4)23(28)22(19)27/h5-10,13-14,20,26H,11-12H2,1-4H3/t20-/m0/s1. The van der Waals surface area contributed by atoms with Gasteiger partial charge in [0, 0.05) is 31.6 Å². The van der Waals surface area contributed by atoms with Crippen molar-refractivity contribution in [3.8, 4) is 5.75 Å². The van der Waals surface area contributed by atoms with Crippen LogP contribution >= 0.6 is 0 Å². The van der Waals surface area contributed by atoms with E-state index >= 15 is 0 Å². The van der Waals surface area contributed by atoms with Crippen molar-refractivity contribution < 1.29 is 24.2 Å². The van der Waals surface area contributed by atoms with Crippen LogP contribution in [-0.4, -0.2) is 53.0 Å². The molecule has 0 unspecified atom stereocenters. The highest BCUT2D eigenvalue weighted by Gasteiger charge is 2.45. The number of aliphatic hydroxyl groups excluding tert-OH is 1. The number of likely N-dealkylation sites (tertiary alicyclic amines) is 1. The van der Waals surface area contributed by atoms with Gasteiger partial charge in [0.25, 0.3) is 11.7 Å². The van der Waals surface area contributed by atoms with E-state index in [-0.39, 0.29) is 30.6 Å². The van der Waals surface area contributed by atoms with Crippen molar-refractivity contribution in [2.75, 3.05) is 20.3 Å². The molecule has 0 bridgehead atoms. The number of benzene rings is 1. The first-order valence-corrected chi connectivity index (χ1v) is 9.80. The first kappa shape index (κ1) is 21.5. The fourth-order valence-electron chi connectivity index (χ4n) is 3.53. The maximum atomic E-state index is 12.9. The molecule has 1 aromatic carbocycles. The molecule has 1 aliphatic rings. The largest absolute Gasteiger partial charge is 0.507 e. The van der Waals surface area contributed by atoms with Crippen LogP contribution in [0.2, 0.25) is 0 Å². The van der Waals surface area contributed by atoms with Crippen LogP contribution < -0.4 is 4.74 Å². The van der Waals surface area contributed by atoms with Crippen molar-refractivity contribution in [2.45, 2.75) is 32.9 Å². The van der Waals surface area contributed by atoms with Crippen LogP contribution in [0.3, 0.4) is 0 Å². The molecular formula is C23H26N2O5. The van der Waals surface area contributed by atoms with Gasteiger partial charge < -0.3 is 19.5 Å². The van der Waals surface area contributed by atoms with Crippen molar-refractivity contribution in [3.05, 3.63) is 65.0 Å². The lowest BCUT2D eigenvalue weighted by Crippen LogP contribution is -2.32. The Morgan fingerprint density at radius 2 is 1.90 bits per heavy atom. The fourth-order valence-corrected chi connectivity index (χ4v) is 3.53. The monoisotopic (exact) mass is 410 g/mol. The number of ether oxygens (including phenoxy) is 2. The molecule has 1 aliphatic heterocycles. The van der Waals surface area contributed by atoms with Crippen molar-refractivity contribution in [3.63, 3.8) is 0 Å². The zero-order chi connectivity index (χ0) is 21.8. The lowest BCUT2D eigenvalue weighted by atomic mass is 9.95. The maximum Gasteiger partial charge on any atom is 0.295 e. The number of carbonyl (C=O) groups is 2. The molecule has 1 amide bonds. The molecule has 1 atom stereocenters. The number of amides is 1. The summed E-state index contributed by atoms with van der Waals surface area (Å²) in [5.41, 5.74) is 2.02. The SMILES string of the molecule is COCCN1C(=O)C(=O)C(=C(O)c2ccc(OC(C)C)c(C)c2)[C@@H]1c1ccncc1. The van der Waals surface area contributed by atoms with Crippen LogP contribution in [0, 0.1) is 6.92 Å². The highest BCUT2D eigenvalue weighted by atomic mass is 16.5. The number of aryl methyl sites for hydroxylation is 1. The number of ketones is 1. The summed E-state index contributed by atoms with van der Waals surface area (Å²) in [6.45, 7) is 6.24. The predicted octanol–water partition coefficient (Wildman–Crippen LogP) is 3.25. The molecule has 2 heterocycles. The minimum absolute atomic E-state index is 0.0148. The van der Waals surface area contributed by atoms with Crippen LogP contribution in [-0.2, 0) is 14.3 Å². The molecule has 0 spiro atoms. The second-order valence-corrected chi connectivity index (χ2v) is 7.41. The third-order valence-corrected chi connectivity index (χ3v) is 4.91. The maximum absolute atomic E-state index is 12.9. The third kappa shape index (κ3) is 4.21. The van der Waals surface area contributed by atoms with E-state index in [0.717, 1.165) is 5.56 Å². The van der Waals surface area contributed by atoms with Crippen molar-refractivity contribution in [1.82, 2.24) is 9.88 Å². The number of methoxy groups -OCH3 is 1. The van der Waals surface area contributed by atoms with Crippen molar-refractivity contribution in [2.24, 2.45) is 0 Å². The number of hydrogen-bond donors (Lipinski definition) is 1. The highest BCUT2D eigenvalue weighted by Crippen LogP contribution is 2.39. The van der Waals surface area contributed by atoms with Crippen LogP contribution in [0.4, 0.5) is 0 Å². The second-order valence-electron chi connectivity index (χ2n) is 7.41. The summed E-state index contributed by atoms with van der Waals surface area (Å²) in [4.78, 5) is 31.0. The molecule has 158 valence electrons. The number of carbonyl (C=O) groups excluding carboxylic acids is 2. The van der Waals surface area contributed by atoms with Gasteiger partial charge >= 0.3 is 0 Å². The zero-order valence-corrected chi connectivity index (χ0v) is 17.6. The molecule has 30 heavy (non-hydrogen) atoms. The Balaban J connectivity index is 2.10. The summed E-state index contributed by atoms with van der Waals surface area (Å²) >= 11 is 0. The molecule has 1 fully saturated rings. The smallest absolute Gasteiger partial charge is 0.295 e. The zero-order valence-electron chi connectivity index (χ0n) is 17.6. The van der Waals surface area contributed by atoms with Gasteiger partial charge in [0.2, 0.25) is 0 Å². The molecule has 0 aliphatic carbocycles. The van der Waals surface area contributed by atoms with Crippen molar-refractivity contribution in [1.29, 1.82) is 0 Å². The van der Waals surface area contributed by atoms with E-state index in [1.54, 1.807) is 42.7 Å². The lowest BCUT2D eigenvalue weighted by molar-refractivity contribution is -0.140. The Kier molecular flexibility index (Phi) is 6.52. The number of nitrogens with zero attached hydrogens (tertiary/aromatic N) is 2. The molecule has 3 rings (SSSR count). The summed E-state index contributed by atoms with van der Waals surface area (Å²) in [5, 5.41) is 11.1. The molecule has 0 radical (unpaired) electrons. The summed E-state index contributed by atoms with van der Waals surface area (Å²) in [7, 11) is 1.53. The molecule has 7 heteroatoms. The Labute approximate surface area is 175 Å². The minimum atomic E-state index is -0.717. The van der Waals surface area contributed by atoms with Crippen LogP contribution in [0.1, 0.15) is 36.6 Å². The van der Waals surface area contributed by atoms with Gasteiger partial charge in [-0.3, -0.25) is 14.6 Å². The number of pyridine rings is 1. The first-order valence-electron chi connectivity index (χ1n) is 9.80. The van der Waals surface area contributed by atoms with E-state index in [0.29, 0.717) is 16.9 Å². The van der Waals surface area contributed by atoms with Gasteiger partial charge in [-0.2, -0.15) is 0 Å². The number of Topliss-reactive ketones (excluding diaryl/α,β-unsaturated/α-hetero) is 1. The number of aromatic nitrogens is 1. The van der Waals surface area contributed by atoms with Gasteiger partial charge in [0.05, 0.1) is 24.3 Å². The molecule has 7 nitrogen and oxygen atoms in total. The van der Waals surface area contributed by atoms with Crippen LogP contribution in [0.5, 0.6) is 5.75 Å². The average Bonchev–Trinajstić information content (AvgIpc) is 2.98. The molecule has 1 N–H and O–H groups in total. The molecule has 0 saturated carbocycles. The predicted molar refractivity (Wildman–Crippen MR) is 112 cm³/mol. The fraction of sp³-hybridized carbons (Fsp3) is 0.348. The number of aliphatic hydroxyl groups is 1. The Bertz CT molecular complexity index is 969. The Morgan fingerprint density at radius 3 is 2.50 bits per heavy atom. The first-order chi connectivity index (χ1) is 14.3. The van der Waals surface area contributed by atoms with E-state index in [1.807, 2.05) is 20.8 Å². The number of rotatable bonds is 7. The molecule has 1 aromatic heterocycles. The Hall–Kier alpha value is -3.19. The minimum Gasteiger partial charge on any atom is -0.507 e.